The minimum atomic E-state index is 0.486. The van der Waals surface area contributed by atoms with Crippen molar-refractivity contribution < 1.29 is 0 Å². The third-order valence-corrected chi connectivity index (χ3v) is 4.12. The van der Waals surface area contributed by atoms with Gasteiger partial charge in [-0.25, -0.2) is 0 Å². The zero-order valence-electron chi connectivity index (χ0n) is 11.8. The second kappa shape index (κ2) is 6.02. The number of likely N-dealkylation sites (tertiary alicyclic amines) is 1. The van der Waals surface area contributed by atoms with Crippen molar-refractivity contribution in [2.45, 2.75) is 53.0 Å². The number of nitrogens with zero attached hydrogens (tertiary/aromatic N) is 1. The second-order valence-electron chi connectivity index (χ2n) is 6.44. The lowest BCUT2D eigenvalue weighted by atomic mass is 9.80. The van der Waals surface area contributed by atoms with Gasteiger partial charge in [0.15, 0.2) is 0 Å². The lowest BCUT2D eigenvalue weighted by Crippen LogP contribution is -2.33. The lowest BCUT2D eigenvalue weighted by molar-refractivity contribution is 0.195. The third-order valence-electron chi connectivity index (χ3n) is 4.12. The fourth-order valence-corrected chi connectivity index (χ4v) is 2.65. The molecule has 0 saturated carbocycles. The highest BCUT2D eigenvalue weighted by atomic mass is 15.2. The van der Waals surface area contributed by atoms with Crippen molar-refractivity contribution in [3.8, 4) is 0 Å². The van der Waals surface area contributed by atoms with Crippen LogP contribution >= 0.6 is 0 Å². The average molecular weight is 226 g/mol. The fraction of sp³-hybridized carbons (Fsp3) is 1.00. The number of hydrogen-bond donors (Lipinski definition) is 1. The van der Waals surface area contributed by atoms with Gasteiger partial charge in [-0.1, -0.05) is 20.8 Å². The maximum absolute atomic E-state index is 3.23. The molecule has 2 nitrogen and oxygen atoms in total. The Hall–Kier alpha value is -0.0800. The van der Waals surface area contributed by atoms with E-state index >= 15 is 0 Å². The van der Waals surface area contributed by atoms with Gasteiger partial charge in [-0.15, -0.1) is 0 Å². The first-order valence-electron chi connectivity index (χ1n) is 6.83. The summed E-state index contributed by atoms with van der Waals surface area (Å²) in [6.45, 7) is 13.3. The molecular weight excluding hydrogens is 196 g/mol. The van der Waals surface area contributed by atoms with Crippen LogP contribution in [-0.4, -0.2) is 37.6 Å². The van der Waals surface area contributed by atoms with Crippen LogP contribution in [0.25, 0.3) is 0 Å². The van der Waals surface area contributed by atoms with Crippen LogP contribution in [0.15, 0.2) is 0 Å². The minimum Gasteiger partial charge on any atom is -0.320 e. The smallest absolute Gasteiger partial charge is 0.00675 e. The number of rotatable bonds is 5. The van der Waals surface area contributed by atoms with Crippen molar-refractivity contribution in [1.29, 1.82) is 0 Å². The SMILES string of the molecule is CNCCCC(C)N1CCC(C(C)(C)C)C1. The molecule has 1 fully saturated rings. The lowest BCUT2D eigenvalue weighted by Gasteiger charge is -2.29. The van der Waals surface area contributed by atoms with Crippen LogP contribution in [0.1, 0.15) is 47.0 Å². The quantitative estimate of drug-likeness (QED) is 0.725. The van der Waals surface area contributed by atoms with Crippen molar-refractivity contribution in [1.82, 2.24) is 10.2 Å². The summed E-state index contributed by atoms with van der Waals surface area (Å²) in [4.78, 5) is 2.69. The Kier molecular flexibility index (Phi) is 5.26. The maximum atomic E-state index is 3.23. The fourth-order valence-electron chi connectivity index (χ4n) is 2.65. The van der Waals surface area contributed by atoms with Crippen LogP contribution in [0.4, 0.5) is 0 Å². The Bertz CT molecular complexity index is 195. The Morgan fingerprint density at radius 2 is 2.06 bits per heavy atom. The zero-order valence-corrected chi connectivity index (χ0v) is 11.8. The van der Waals surface area contributed by atoms with E-state index in [2.05, 4.69) is 37.9 Å². The standard InChI is InChI=1S/C14H30N2/c1-12(7-6-9-15-5)16-10-8-13(11-16)14(2,3)4/h12-13,15H,6-11H2,1-5H3. The van der Waals surface area contributed by atoms with E-state index in [0.717, 1.165) is 18.5 Å². The summed E-state index contributed by atoms with van der Waals surface area (Å²) in [6, 6.07) is 0.765. The average Bonchev–Trinajstić information content (AvgIpc) is 2.66. The summed E-state index contributed by atoms with van der Waals surface area (Å²) < 4.78 is 0. The van der Waals surface area contributed by atoms with Crippen LogP contribution in [0.2, 0.25) is 0 Å². The first-order valence-corrected chi connectivity index (χ1v) is 6.83. The Morgan fingerprint density at radius 3 is 2.56 bits per heavy atom. The van der Waals surface area contributed by atoms with Gasteiger partial charge in [0.05, 0.1) is 0 Å². The number of hydrogen-bond acceptors (Lipinski definition) is 2. The molecule has 0 aliphatic carbocycles. The van der Waals surface area contributed by atoms with Gasteiger partial charge in [-0.3, -0.25) is 0 Å². The molecule has 1 N–H and O–H groups in total. The van der Waals surface area contributed by atoms with Crippen LogP contribution in [0, 0.1) is 11.3 Å². The Labute approximate surface area is 102 Å². The highest BCUT2D eigenvalue weighted by molar-refractivity contribution is 4.85. The van der Waals surface area contributed by atoms with Crippen molar-refractivity contribution in [2.75, 3.05) is 26.7 Å². The van der Waals surface area contributed by atoms with Crippen LogP contribution < -0.4 is 5.32 Å². The molecule has 0 aromatic rings. The van der Waals surface area contributed by atoms with Gasteiger partial charge in [0.2, 0.25) is 0 Å². The molecule has 1 aliphatic heterocycles. The molecular formula is C14H30N2. The van der Waals surface area contributed by atoms with Gasteiger partial charge in [0.1, 0.15) is 0 Å². The van der Waals surface area contributed by atoms with E-state index in [0.29, 0.717) is 5.41 Å². The minimum absolute atomic E-state index is 0.486. The van der Waals surface area contributed by atoms with Gasteiger partial charge in [0, 0.05) is 12.6 Å². The van der Waals surface area contributed by atoms with E-state index in [1.165, 1.54) is 32.4 Å². The van der Waals surface area contributed by atoms with E-state index < -0.39 is 0 Å². The molecule has 0 aromatic heterocycles. The van der Waals surface area contributed by atoms with E-state index in [9.17, 15) is 0 Å². The molecule has 0 bridgehead atoms. The van der Waals surface area contributed by atoms with E-state index in [4.69, 9.17) is 0 Å². The summed E-state index contributed by atoms with van der Waals surface area (Å²) in [6.07, 6.45) is 4.02. The summed E-state index contributed by atoms with van der Waals surface area (Å²) in [5.41, 5.74) is 0.486. The predicted molar refractivity (Wildman–Crippen MR) is 71.8 cm³/mol. The van der Waals surface area contributed by atoms with Gasteiger partial charge in [-0.05, 0) is 57.7 Å². The molecule has 96 valence electrons. The number of nitrogens with one attached hydrogen (secondary N) is 1. The highest BCUT2D eigenvalue weighted by Crippen LogP contribution is 2.34. The second-order valence-corrected chi connectivity index (χ2v) is 6.44. The molecule has 0 spiro atoms. The van der Waals surface area contributed by atoms with Crippen molar-refractivity contribution in [3.05, 3.63) is 0 Å². The van der Waals surface area contributed by atoms with Gasteiger partial charge in [-0.2, -0.15) is 0 Å². The largest absolute Gasteiger partial charge is 0.320 e. The Morgan fingerprint density at radius 1 is 1.38 bits per heavy atom. The molecule has 0 radical (unpaired) electrons. The van der Waals surface area contributed by atoms with Crippen molar-refractivity contribution in [3.63, 3.8) is 0 Å². The highest BCUT2D eigenvalue weighted by Gasteiger charge is 2.33. The monoisotopic (exact) mass is 226 g/mol. The first kappa shape index (κ1) is 14.0. The van der Waals surface area contributed by atoms with E-state index in [-0.39, 0.29) is 0 Å². The molecule has 0 aromatic carbocycles. The van der Waals surface area contributed by atoms with Gasteiger partial charge >= 0.3 is 0 Å². The summed E-state index contributed by atoms with van der Waals surface area (Å²) in [5.74, 6) is 0.888. The molecule has 1 heterocycles. The Balaban J connectivity index is 2.29. The third kappa shape index (κ3) is 4.06. The predicted octanol–water partition coefficient (Wildman–Crippen LogP) is 2.74. The molecule has 2 heteroatoms. The molecule has 2 atom stereocenters. The van der Waals surface area contributed by atoms with Crippen LogP contribution in [0.5, 0.6) is 0 Å². The van der Waals surface area contributed by atoms with Gasteiger partial charge in [0.25, 0.3) is 0 Å². The maximum Gasteiger partial charge on any atom is 0.00675 e. The summed E-state index contributed by atoms with van der Waals surface area (Å²) >= 11 is 0. The van der Waals surface area contributed by atoms with Crippen LogP contribution in [-0.2, 0) is 0 Å². The summed E-state index contributed by atoms with van der Waals surface area (Å²) in [5, 5.41) is 3.23. The van der Waals surface area contributed by atoms with E-state index in [1.807, 2.05) is 7.05 Å². The molecule has 0 amide bonds. The topological polar surface area (TPSA) is 15.3 Å². The van der Waals surface area contributed by atoms with Crippen LogP contribution in [0.3, 0.4) is 0 Å². The summed E-state index contributed by atoms with van der Waals surface area (Å²) in [7, 11) is 2.04. The zero-order chi connectivity index (χ0) is 12.2. The van der Waals surface area contributed by atoms with E-state index in [1.54, 1.807) is 0 Å². The van der Waals surface area contributed by atoms with Crippen molar-refractivity contribution in [2.24, 2.45) is 11.3 Å². The molecule has 16 heavy (non-hydrogen) atoms. The molecule has 1 saturated heterocycles. The molecule has 1 aliphatic rings. The first-order chi connectivity index (χ1) is 7.45. The molecule has 1 rings (SSSR count). The van der Waals surface area contributed by atoms with Crippen molar-refractivity contribution >= 4 is 0 Å². The van der Waals surface area contributed by atoms with Gasteiger partial charge < -0.3 is 10.2 Å². The normalized spacial score (nSPS) is 24.9. The molecule has 2 unspecified atom stereocenters.